The smallest absolute Gasteiger partial charge is 0.179 e. The van der Waals surface area contributed by atoms with Crippen LogP contribution in [0.4, 0.5) is 0 Å². The van der Waals surface area contributed by atoms with Gasteiger partial charge >= 0.3 is 0 Å². The van der Waals surface area contributed by atoms with Crippen molar-refractivity contribution in [1.29, 1.82) is 0 Å². The minimum atomic E-state index is -0.244. The van der Waals surface area contributed by atoms with Crippen LogP contribution < -0.4 is 0 Å². The van der Waals surface area contributed by atoms with E-state index in [4.69, 9.17) is 0 Å². The Morgan fingerprint density at radius 1 is 1.67 bits per heavy atom. The highest BCUT2D eigenvalue weighted by Crippen LogP contribution is 2.26. The van der Waals surface area contributed by atoms with Gasteiger partial charge in [-0.05, 0) is 24.0 Å². The maximum absolute atomic E-state index is 11.7. The first-order valence-corrected chi connectivity index (χ1v) is 4.81. The summed E-state index contributed by atoms with van der Waals surface area (Å²) in [6.07, 6.45) is 2.54. The van der Waals surface area contributed by atoms with E-state index in [0.717, 1.165) is 11.3 Å². The van der Waals surface area contributed by atoms with Gasteiger partial charge < -0.3 is 0 Å². The van der Waals surface area contributed by atoms with Crippen molar-refractivity contribution in [3.63, 3.8) is 0 Å². The van der Waals surface area contributed by atoms with Gasteiger partial charge in [0.2, 0.25) is 0 Å². The fraction of sp³-hybridized carbons (Fsp3) is 0.556. The fourth-order valence-corrected chi connectivity index (χ4v) is 1.54. The highest BCUT2D eigenvalue weighted by molar-refractivity contribution is 7.08. The Morgan fingerprint density at radius 3 is 2.75 bits per heavy atom. The zero-order chi connectivity index (χ0) is 9.19. The second kappa shape index (κ2) is 3.35. The summed E-state index contributed by atoms with van der Waals surface area (Å²) in [6, 6.07) is 1.78. The number of nitrogens with zero attached hydrogens (tertiary/aromatic N) is 1. The van der Waals surface area contributed by atoms with Crippen molar-refractivity contribution in [2.45, 2.75) is 27.2 Å². The summed E-state index contributed by atoms with van der Waals surface area (Å²) >= 11 is 1.27. The van der Waals surface area contributed by atoms with Gasteiger partial charge in [0.1, 0.15) is 0 Å². The molecule has 0 saturated heterocycles. The van der Waals surface area contributed by atoms with Crippen LogP contribution >= 0.6 is 11.5 Å². The quantitative estimate of drug-likeness (QED) is 0.674. The van der Waals surface area contributed by atoms with Gasteiger partial charge in [-0.3, -0.25) is 4.79 Å². The van der Waals surface area contributed by atoms with Crippen molar-refractivity contribution in [2.24, 2.45) is 5.41 Å². The molecule has 12 heavy (non-hydrogen) atoms. The SMILES string of the molecule is CCC(C)(C)C(=O)c1ccns1. The molecular formula is C9H13NOS. The van der Waals surface area contributed by atoms with E-state index in [1.807, 2.05) is 20.8 Å². The Labute approximate surface area is 76.8 Å². The molecule has 0 N–H and O–H groups in total. The summed E-state index contributed by atoms with van der Waals surface area (Å²) < 4.78 is 3.91. The van der Waals surface area contributed by atoms with E-state index in [9.17, 15) is 4.79 Å². The van der Waals surface area contributed by atoms with Crippen molar-refractivity contribution in [2.75, 3.05) is 0 Å². The number of Topliss-reactive ketones (excluding diaryl/α,β-unsaturated/α-hetero) is 1. The fourth-order valence-electron chi connectivity index (χ4n) is 0.827. The summed E-state index contributed by atoms with van der Waals surface area (Å²) in [5, 5.41) is 0. The minimum absolute atomic E-state index is 0.201. The Hall–Kier alpha value is -0.700. The summed E-state index contributed by atoms with van der Waals surface area (Å²) in [4.78, 5) is 12.5. The number of aromatic nitrogens is 1. The third kappa shape index (κ3) is 1.72. The molecule has 1 rings (SSSR count). The molecule has 0 aliphatic heterocycles. The number of ketones is 1. The molecule has 0 fully saturated rings. The monoisotopic (exact) mass is 183 g/mol. The van der Waals surface area contributed by atoms with E-state index < -0.39 is 0 Å². The predicted octanol–water partition coefficient (Wildman–Crippen LogP) is 2.76. The van der Waals surface area contributed by atoms with Crippen LogP contribution in [-0.2, 0) is 0 Å². The van der Waals surface area contributed by atoms with Crippen LogP contribution in [0.3, 0.4) is 0 Å². The van der Waals surface area contributed by atoms with Crippen molar-refractivity contribution in [3.8, 4) is 0 Å². The van der Waals surface area contributed by atoms with Crippen LogP contribution in [-0.4, -0.2) is 10.2 Å². The lowest BCUT2D eigenvalue weighted by Gasteiger charge is -2.19. The molecule has 0 radical (unpaired) electrons. The van der Waals surface area contributed by atoms with Crippen LogP contribution in [0.1, 0.15) is 36.9 Å². The van der Waals surface area contributed by atoms with Gasteiger partial charge in [-0.25, -0.2) is 4.37 Å². The first-order chi connectivity index (χ1) is 5.58. The molecule has 0 amide bonds. The average Bonchev–Trinajstić information content (AvgIpc) is 2.55. The van der Waals surface area contributed by atoms with E-state index in [1.54, 1.807) is 12.3 Å². The lowest BCUT2D eigenvalue weighted by Crippen LogP contribution is -2.22. The molecule has 3 heteroatoms. The van der Waals surface area contributed by atoms with Crippen LogP contribution in [0.25, 0.3) is 0 Å². The van der Waals surface area contributed by atoms with Crippen molar-refractivity contribution in [3.05, 3.63) is 17.1 Å². The average molecular weight is 183 g/mol. The second-order valence-electron chi connectivity index (χ2n) is 3.44. The third-order valence-corrected chi connectivity index (χ3v) is 2.91. The van der Waals surface area contributed by atoms with Crippen LogP contribution in [0.2, 0.25) is 0 Å². The van der Waals surface area contributed by atoms with E-state index in [1.165, 1.54) is 11.5 Å². The summed E-state index contributed by atoms with van der Waals surface area (Å²) in [6.45, 7) is 5.96. The highest BCUT2D eigenvalue weighted by Gasteiger charge is 2.27. The molecule has 1 aromatic rings. The molecule has 2 nitrogen and oxygen atoms in total. The normalized spacial score (nSPS) is 11.6. The maximum Gasteiger partial charge on any atom is 0.179 e. The standard InChI is InChI=1S/C9H13NOS/c1-4-9(2,3)8(11)7-5-6-10-12-7/h5-6H,4H2,1-3H3. The number of carbonyl (C=O) groups excluding carboxylic acids is 1. The van der Waals surface area contributed by atoms with Crippen molar-refractivity contribution in [1.82, 2.24) is 4.37 Å². The molecule has 66 valence electrons. The summed E-state index contributed by atoms with van der Waals surface area (Å²) in [5.74, 6) is 0.201. The maximum atomic E-state index is 11.7. The molecule has 0 saturated carbocycles. The predicted molar refractivity (Wildman–Crippen MR) is 50.5 cm³/mol. The van der Waals surface area contributed by atoms with Crippen LogP contribution in [0.5, 0.6) is 0 Å². The molecule has 0 bridgehead atoms. The van der Waals surface area contributed by atoms with E-state index >= 15 is 0 Å². The molecule has 0 atom stereocenters. The van der Waals surface area contributed by atoms with E-state index in [0.29, 0.717) is 0 Å². The molecule has 0 spiro atoms. The Morgan fingerprint density at radius 2 is 2.33 bits per heavy atom. The molecular weight excluding hydrogens is 170 g/mol. The second-order valence-corrected chi connectivity index (χ2v) is 4.28. The Balaban J connectivity index is 2.86. The summed E-state index contributed by atoms with van der Waals surface area (Å²) in [7, 11) is 0. The number of hydrogen-bond acceptors (Lipinski definition) is 3. The molecule has 0 aliphatic carbocycles. The van der Waals surface area contributed by atoms with Crippen LogP contribution in [0, 0.1) is 5.41 Å². The van der Waals surface area contributed by atoms with Gasteiger partial charge in [0.15, 0.2) is 5.78 Å². The van der Waals surface area contributed by atoms with Gasteiger partial charge in [-0.15, -0.1) is 0 Å². The van der Waals surface area contributed by atoms with Gasteiger partial charge in [0.25, 0.3) is 0 Å². The van der Waals surface area contributed by atoms with Crippen molar-refractivity contribution >= 4 is 17.3 Å². The van der Waals surface area contributed by atoms with Gasteiger partial charge in [-0.1, -0.05) is 20.8 Å². The first kappa shape index (κ1) is 9.39. The largest absolute Gasteiger partial charge is 0.293 e. The zero-order valence-corrected chi connectivity index (χ0v) is 8.44. The number of carbonyl (C=O) groups is 1. The van der Waals surface area contributed by atoms with Crippen LogP contribution in [0.15, 0.2) is 12.3 Å². The third-order valence-electron chi connectivity index (χ3n) is 2.16. The van der Waals surface area contributed by atoms with Gasteiger partial charge in [0.05, 0.1) is 4.88 Å². The lowest BCUT2D eigenvalue weighted by atomic mass is 9.85. The highest BCUT2D eigenvalue weighted by atomic mass is 32.1. The van der Waals surface area contributed by atoms with Gasteiger partial charge in [-0.2, -0.15) is 0 Å². The van der Waals surface area contributed by atoms with E-state index in [-0.39, 0.29) is 11.2 Å². The lowest BCUT2D eigenvalue weighted by molar-refractivity contribution is 0.0837. The minimum Gasteiger partial charge on any atom is -0.293 e. The van der Waals surface area contributed by atoms with Crippen molar-refractivity contribution < 1.29 is 4.79 Å². The van der Waals surface area contributed by atoms with Gasteiger partial charge in [0, 0.05) is 11.6 Å². The number of hydrogen-bond donors (Lipinski definition) is 0. The molecule has 1 aromatic heterocycles. The molecule has 0 aromatic carbocycles. The zero-order valence-electron chi connectivity index (χ0n) is 7.63. The van der Waals surface area contributed by atoms with E-state index in [2.05, 4.69) is 4.37 Å². The number of rotatable bonds is 3. The summed E-state index contributed by atoms with van der Waals surface area (Å²) in [5.41, 5.74) is -0.244. The first-order valence-electron chi connectivity index (χ1n) is 4.03. The molecule has 1 heterocycles. The Bertz CT molecular complexity index is 264. The molecule has 0 aliphatic rings. The molecule has 0 unspecified atom stereocenters. The topological polar surface area (TPSA) is 30.0 Å². The Kier molecular flexibility index (Phi) is 2.62.